The highest BCUT2D eigenvalue weighted by atomic mass is 16.2. The van der Waals surface area contributed by atoms with Crippen LogP contribution in [0.2, 0.25) is 0 Å². The van der Waals surface area contributed by atoms with E-state index in [1.807, 2.05) is 23.1 Å². The van der Waals surface area contributed by atoms with E-state index in [0.29, 0.717) is 13.1 Å². The molecular weight excluding hydrogens is 312 g/mol. The number of nitrogens with two attached hydrogens (primary N) is 1. The van der Waals surface area contributed by atoms with Crippen LogP contribution in [0.15, 0.2) is 54.6 Å². The first-order valence-corrected chi connectivity index (χ1v) is 8.74. The first-order valence-electron chi connectivity index (χ1n) is 8.74. The molecule has 2 aromatic carbocycles. The van der Waals surface area contributed by atoms with Crippen molar-refractivity contribution in [3.8, 4) is 0 Å². The maximum Gasteiger partial charge on any atom is 0.236 e. The summed E-state index contributed by atoms with van der Waals surface area (Å²) in [7, 11) is 0. The Morgan fingerprint density at radius 1 is 1.12 bits per heavy atom. The lowest BCUT2D eigenvalue weighted by Gasteiger charge is -2.26. The molecule has 3 aromatic rings. The lowest BCUT2D eigenvalue weighted by molar-refractivity contribution is -0.130. The van der Waals surface area contributed by atoms with Gasteiger partial charge in [0.2, 0.25) is 5.91 Å². The number of fused-ring (bicyclic) bond motifs is 3. The minimum Gasteiger partial charge on any atom is -0.339 e. The topological polar surface area (TPSA) is 64.2 Å². The van der Waals surface area contributed by atoms with E-state index in [-0.39, 0.29) is 18.5 Å². The number of hydrogen-bond acceptors (Lipinski definition) is 3. The standard InChI is InChI=1S/C20H22N4O/c21-13-20(25)23-11-10-19-22-17-8-4-5-9-18(17)24(19)16(14-23)12-15-6-2-1-3-7-15/h1-9,16H,10-14,21H2. The van der Waals surface area contributed by atoms with Crippen LogP contribution in [0.4, 0.5) is 0 Å². The van der Waals surface area contributed by atoms with Crippen molar-refractivity contribution in [2.75, 3.05) is 19.6 Å². The molecular formula is C20H22N4O. The molecule has 0 spiro atoms. The minimum absolute atomic E-state index is 0.00752. The van der Waals surface area contributed by atoms with Gasteiger partial charge in [-0.1, -0.05) is 42.5 Å². The van der Waals surface area contributed by atoms with Gasteiger partial charge in [-0.3, -0.25) is 4.79 Å². The van der Waals surface area contributed by atoms with E-state index in [9.17, 15) is 4.79 Å². The quantitative estimate of drug-likeness (QED) is 0.798. The summed E-state index contributed by atoms with van der Waals surface area (Å²) in [6.45, 7) is 1.39. The number of carbonyl (C=O) groups excluding carboxylic acids is 1. The second-order valence-corrected chi connectivity index (χ2v) is 6.52. The highest BCUT2D eigenvalue weighted by molar-refractivity contribution is 5.79. The lowest BCUT2D eigenvalue weighted by atomic mass is 10.0. The molecule has 0 fully saturated rings. The maximum absolute atomic E-state index is 12.2. The molecule has 0 saturated heterocycles. The Balaban J connectivity index is 1.77. The van der Waals surface area contributed by atoms with E-state index in [2.05, 4.69) is 41.0 Å². The highest BCUT2D eigenvalue weighted by Crippen LogP contribution is 2.27. The number of carbonyl (C=O) groups is 1. The number of hydrogen-bond donors (Lipinski definition) is 1. The van der Waals surface area contributed by atoms with Crippen LogP contribution in [-0.4, -0.2) is 40.0 Å². The maximum atomic E-state index is 12.2. The summed E-state index contributed by atoms with van der Waals surface area (Å²) in [6.07, 6.45) is 1.62. The zero-order chi connectivity index (χ0) is 17.2. The van der Waals surface area contributed by atoms with Gasteiger partial charge >= 0.3 is 0 Å². The van der Waals surface area contributed by atoms with Crippen LogP contribution in [0.25, 0.3) is 11.0 Å². The summed E-state index contributed by atoms with van der Waals surface area (Å²) >= 11 is 0. The van der Waals surface area contributed by atoms with Gasteiger partial charge in [0.25, 0.3) is 0 Å². The zero-order valence-corrected chi connectivity index (χ0v) is 14.1. The third-order valence-corrected chi connectivity index (χ3v) is 4.91. The van der Waals surface area contributed by atoms with Crippen molar-refractivity contribution in [2.45, 2.75) is 18.9 Å². The Hall–Kier alpha value is -2.66. The molecule has 1 aliphatic heterocycles. The molecule has 0 aliphatic carbocycles. The summed E-state index contributed by atoms with van der Waals surface area (Å²) in [4.78, 5) is 18.9. The Bertz CT molecular complexity index is 887. The molecule has 5 nitrogen and oxygen atoms in total. The lowest BCUT2D eigenvalue weighted by Crippen LogP contribution is -2.39. The van der Waals surface area contributed by atoms with Gasteiger partial charge in [0.05, 0.1) is 23.6 Å². The summed E-state index contributed by atoms with van der Waals surface area (Å²) in [5.74, 6) is 1.06. The van der Waals surface area contributed by atoms with Gasteiger partial charge in [-0.15, -0.1) is 0 Å². The Kier molecular flexibility index (Phi) is 4.24. The van der Waals surface area contributed by atoms with Gasteiger partial charge < -0.3 is 15.2 Å². The van der Waals surface area contributed by atoms with E-state index in [4.69, 9.17) is 10.7 Å². The third kappa shape index (κ3) is 3.03. The predicted molar refractivity (Wildman–Crippen MR) is 98.3 cm³/mol. The van der Waals surface area contributed by atoms with Crippen LogP contribution in [-0.2, 0) is 17.6 Å². The fourth-order valence-corrected chi connectivity index (χ4v) is 3.74. The van der Waals surface area contributed by atoms with Crippen LogP contribution in [0.3, 0.4) is 0 Å². The van der Waals surface area contributed by atoms with Gasteiger partial charge in [-0.05, 0) is 24.1 Å². The molecule has 1 atom stereocenters. The van der Waals surface area contributed by atoms with Crippen molar-refractivity contribution in [3.63, 3.8) is 0 Å². The SMILES string of the molecule is NCC(=O)N1CCc2nc3ccccc3n2C(Cc2ccccc2)C1. The van der Waals surface area contributed by atoms with E-state index in [0.717, 1.165) is 29.7 Å². The Morgan fingerprint density at radius 2 is 1.88 bits per heavy atom. The Morgan fingerprint density at radius 3 is 2.68 bits per heavy atom. The number of rotatable bonds is 3. The van der Waals surface area contributed by atoms with Crippen LogP contribution in [0, 0.1) is 0 Å². The fraction of sp³-hybridized carbons (Fsp3) is 0.300. The zero-order valence-electron chi connectivity index (χ0n) is 14.1. The second-order valence-electron chi connectivity index (χ2n) is 6.52. The number of benzene rings is 2. The number of amides is 1. The monoisotopic (exact) mass is 334 g/mol. The second kappa shape index (κ2) is 6.69. The minimum atomic E-state index is 0.00752. The normalized spacial score (nSPS) is 17.3. The largest absolute Gasteiger partial charge is 0.339 e. The molecule has 1 aromatic heterocycles. The van der Waals surface area contributed by atoms with E-state index >= 15 is 0 Å². The molecule has 0 radical (unpaired) electrons. The molecule has 25 heavy (non-hydrogen) atoms. The van der Waals surface area contributed by atoms with Crippen LogP contribution in [0.5, 0.6) is 0 Å². The number of aromatic nitrogens is 2. The predicted octanol–water partition coefficient (Wildman–Crippen LogP) is 2.16. The highest BCUT2D eigenvalue weighted by Gasteiger charge is 2.27. The van der Waals surface area contributed by atoms with E-state index in [1.54, 1.807) is 0 Å². The molecule has 128 valence electrons. The molecule has 1 unspecified atom stereocenters. The molecule has 1 aliphatic rings. The van der Waals surface area contributed by atoms with Gasteiger partial charge in [0.15, 0.2) is 0 Å². The number of para-hydroxylation sites is 2. The average Bonchev–Trinajstić information content (AvgIpc) is 2.93. The van der Waals surface area contributed by atoms with Crippen molar-refractivity contribution >= 4 is 16.9 Å². The van der Waals surface area contributed by atoms with Gasteiger partial charge in [-0.2, -0.15) is 0 Å². The Labute approximate surface area is 147 Å². The molecule has 0 bridgehead atoms. The fourth-order valence-electron chi connectivity index (χ4n) is 3.74. The summed E-state index contributed by atoms with van der Waals surface area (Å²) in [5.41, 5.74) is 9.03. The molecule has 2 heterocycles. The van der Waals surface area contributed by atoms with Crippen molar-refractivity contribution in [2.24, 2.45) is 5.73 Å². The summed E-state index contributed by atoms with van der Waals surface area (Å²) < 4.78 is 2.33. The first kappa shape index (κ1) is 15.8. The van der Waals surface area contributed by atoms with Crippen LogP contribution < -0.4 is 5.73 Å². The van der Waals surface area contributed by atoms with Gasteiger partial charge in [0, 0.05) is 19.5 Å². The molecule has 0 saturated carbocycles. The number of imidazole rings is 1. The van der Waals surface area contributed by atoms with Crippen molar-refractivity contribution in [1.29, 1.82) is 0 Å². The van der Waals surface area contributed by atoms with Crippen molar-refractivity contribution in [3.05, 3.63) is 66.0 Å². The third-order valence-electron chi connectivity index (χ3n) is 4.91. The smallest absolute Gasteiger partial charge is 0.236 e. The van der Waals surface area contributed by atoms with Crippen LogP contribution >= 0.6 is 0 Å². The van der Waals surface area contributed by atoms with Crippen molar-refractivity contribution < 1.29 is 4.79 Å². The molecule has 4 rings (SSSR count). The van der Waals surface area contributed by atoms with Gasteiger partial charge in [-0.25, -0.2) is 4.98 Å². The summed E-state index contributed by atoms with van der Waals surface area (Å²) in [5, 5.41) is 0. The average molecular weight is 334 g/mol. The van der Waals surface area contributed by atoms with Crippen LogP contribution in [0.1, 0.15) is 17.4 Å². The number of nitrogens with zero attached hydrogens (tertiary/aromatic N) is 3. The van der Waals surface area contributed by atoms with E-state index in [1.165, 1.54) is 5.56 Å². The van der Waals surface area contributed by atoms with Gasteiger partial charge in [0.1, 0.15) is 5.82 Å². The van der Waals surface area contributed by atoms with Crippen molar-refractivity contribution in [1.82, 2.24) is 14.5 Å². The molecule has 2 N–H and O–H groups in total. The van der Waals surface area contributed by atoms with E-state index < -0.39 is 0 Å². The first-order chi connectivity index (χ1) is 12.3. The molecule has 1 amide bonds. The summed E-state index contributed by atoms with van der Waals surface area (Å²) in [6, 6.07) is 18.8. The molecule has 5 heteroatoms.